The van der Waals surface area contributed by atoms with Crippen molar-refractivity contribution in [2.75, 3.05) is 6.54 Å². The first-order valence-electron chi connectivity index (χ1n) is 7.36. The number of halogens is 3. The summed E-state index contributed by atoms with van der Waals surface area (Å²) in [5, 5.41) is 11.4. The van der Waals surface area contributed by atoms with E-state index in [0.717, 1.165) is 6.42 Å². The first-order chi connectivity index (χ1) is 10.7. The molecule has 1 saturated carbocycles. The molecule has 1 aromatic carbocycles. The van der Waals surface area contributed by atoms with E-state index in [-0.39, 0.29) is 12.0 Å². The lowest BCUT2D eigenvalue weighted by Crippen LogP contribution is -2.44. The van der Waals surface area contributed by atoms with Crippen LogP contribution in [0.25, 0.3) is 0 Å². The largest absolute Gasteiger partial charge is 0.481 e. The quantitative estimate of drug-likeness (QED) is 0.843. The van der Waals surface area contributed by atoms with E-state index in [4.69, 9.17) is 5.11 Å². The molecule has 1 aliphatic rings. The smallest absolute Gasteiger partial charge is 0.397 e. The molecule has 7 heteroatoms. The average Bonchev–Trinajstić information content (AvgIpc) is 2.42. The van der Waals surface area contributed by atoms with Gasteiger partial charge in [0.25, 0.3) is 0 Å². The number of benzene rings is 1. The molecule has 4 nitrogen and oxygen atoms in total. The molecule has 0 bridgehead atoms. The number of carboxylic acids is 1. The van der Waals surface area contributed by atoms with Crippen LogP contribution in [-0.2, 0) is 9.59 Å². The molecular formula is C16H18F3NO3. The van der Waals surface area contributed by atoms with Crippen molar-refractivity contribution >= 4 is 11.9 Å². The molecule has 2 N–H and O–H groups in total. The summed E-state index contributed by atoms with van der Waals surface area (Å²) >= 11 is 0. The summed E-state index contributed by atoms with van der Waals surface area (Å²) in [7, 11) is 0. The second kappa shape index (κ2) is 6.60. The third kappa shape index (κ3) is 4.03. The highest BCUT2D eigenvalue weighted by Crippen LogP contribution is 2.44. The van der Waals surface area contributed by atoms with Crippen molar-refractivity contribution in [3.63, 3.8) is 0 Å². The van der Waals surface area contributed by atoms with Gasteiger partial charge < -0.3 is 10.4 Å². The summed E-state index contributed by atoms with van der Waals surface area (Å²) < 4.78 is 39.5. The van der Waals surface area contributed by atoms with Crippen LogP contribution in [0.15, 0.2) is 30.3 Å². The van der Waals surface area contributed by atoms with Gasteiger partial charge in [0.05, 0.1) is 11.3 Å². The van der Waals surface area contributed by atoms with Gasteiger partial charge in [0, 0.05) is 13.0 Å². The van der Waals surface area contributed by atoms with Crippen LogP contribution >= 0.6 is 0 Å². The van der Waals surface area contributed by atoms with E-state index in [1.807, 2.05) is 0 Å². The molecule has 1 aromatic rings. The van der Waals surface area contributed by atoms with Gasteiger partial charge in [-0.1, -0.05) is 36.8 Å². The van der Waals surface area contributed by atoms with Gasteiger partial charge in [0.15, 0.2) is 0 Å². The number of hydrogen-bond acceptors (Lipinski definition) is 2. The van der Waals surface area contributed by atoms with Crippen LogP contribution in [0.5, 0.6) is 0 Å². The Labute approximate surface area is 131 Å². The summed E-state index contributed by atoms with van der Waals surface area (Å²) in [5.74, 6) is -3.53. The van der Waals surface area contributed by atoms with Gasteiger partial charge in [0.2, 0.25) is 5.91 Å². The van der Waals surface area contributed by atoms with Crippen molar-refractivity contribution in [3.05, 3.63) is 35.9 Å². The molecule has 1 unspecified atom stereocenters. The van der Waals surface area contributed by atoms with E-state index in [1.54, 1.807) is 6.07 Å². The monoisotopic (exact) mass is 329 g/mol. The highest BCUT2D eigenvalue weighted by Gasteiger charge is 2.46. The number of carbonyl (C=O) groups excluding carboxylic acids is 1. The minimum absolute atomic E-state index is 0.0666. The molecule has 1 amide bonds. The van der Waals surface area contributed by atoms with Gasteiger partial charge >= 0.3 is 12.1 Å². The van der Waals surface area contributed by atoms with Gasteiger partial charge in [-0.2, -0.15) is 13.2 Å². The van der Waals surface area contributed by atoms with Gasteiger partial charge in [-0.05, 0) is 18.4 Å². The lowest BCUT2D eigenvalue weighted by molar-refractivity contribution is -0.159. The van der Waals surface area contributed by atoms with Crippen molar-refractivity contribution in [2.24, 2.45) is 5.41 Å². The first-order valence-corrected chi connectivity index (χ1v) is 7.36. The van der Waals surface area contributed by atoms with Crippen LogP contribution in [-0.4, -0.2) is 29.7 Å². The number of amides is 1. The number of rotatable bonds is 6. The SMILES string of the molecule is O=C(CC1(C(=O)O)CCC1)NCC(c1ccccc1)C(F)(F)F. The summed E-state index contributed by atoms with van der Waals surface area (Å²) in [4.78, 5) is 23.1. The summed E-state index contributed by atoms with van der Waals surface area (Å²) in [6.07, 6.45) is -3.28. The molecule has 0 radical (unpaired) electrons. The fraction of sp³-hybridized carbons (Fsp3) is 0.500. The fourth-order valence-electron chi connectivity index (χ4n) is 2.76. The lowest BCUT2D eigenvalue weighted by Gasteiger charge is -2.37. The number of nitrogens with one attached hydrogen (secondary N) is 1. The van der Waals surface area contributed by atoms with Crippen molar-refractivity contribution in [2.45, 2.75) is 37.8 Å². The normalized spacial score (nSPS) is 17.9. The first kappa shape index (κ1) is 17.3. The fourth-order valence-corrected chi connectivity index (χ4v) is 2.76. The van der Waals surface area contributed by atoms with Crippen LogP contribution < -0.4 is 5.32 Å². The van der Waals surface area contributed by atoms with Crippen molar-refractivity contribution < 1.29 is 27.9 Å². The predicted octanol–water partition coefficient (Wildman–Crippen LogP) is 3.09. The predicted molar refractivity (Wildman–Crippen MR) is 76.8 cm³/mol. The Morgan fingerprint density at radius 1 is 1.22 bits per heavy atom. The number of aliphatic carboxylic acids is 1. The molecule has 2 rings (SSSR count). The standard InChI is InChI=1S/C16H18F3NO3/c17-16(18,19)12(11-5-2-1-3-6-11)10-20-13(21)9-15(14(22)23)7-4-8-15/h1-3,5-6,12H,4,7-10H2,(H,20,21)(H,22,23). The molecule has 0 spiro atoms. The van der Waals surface area contributed by atoms with Gasteiger partial charge in [-0.15, -0.1) is 0 Å². The topological polar surface area (TPSA) is 66.4 Å². The van der Waals surface area contributed by atoms with E-state index in [0.29, 0.717) is 12.8 Å². The Morgan fingerprint density at radius 3 is 2.26 bits per heavy atom. The summed E-state index contributed by atoms with van der Waals surface area (Å²) in [6, 6.07) is 7.33. The molecule has 1 atom stereocenters. The number of carboxylic acid groups (broad SMARTS) is 1. The Morgan fingerprint density at radius 2 is 1.83 bits per heavy atom. The molecule has 23 heavy (non-hydrogen) atoms. The molecular weight excluding hydrogens is 311 g/mol. The number of carbonyl (C=O) groups is 2. The lowest BCUT2D eigenvalue weighted by atomic mass is 9.66. The maximum absolute atomic E-state index is 13.2. The Balaban J connectivity index is 1.99. The van der Waals surface area contributed by atoms with E-state index < -0.39 is 35.9 Å². The van der Waals surface area contributed by atoms with Crippen LogP contribution in [0.1, 0.15) is 37.2 Å². The second-order valence-electron chi connectivity index (χ2n) is 5.92. The third-order valence-corrected chi connectivity index (χ3v) is 4.36. The molecule has 1 fully saturated rings. The minimum atomic E-state index is -4.49. The van der Waals surface area contributed by atoms with E-state index >= 15 is 0 Å². The summed E-state index contributed by atoms with van der Waals surface area (Å²) in [6.45, 7) is -0.595. The zero-order valence-corrected chi connectivity index (χ0v) is 12.4. The van der Waals surface area contributed by atoms with Gasteiger partial charge in [-0.25, -0.2) is 0 Å². The number of hydrogen-bond donors (Lipinski definition) is 2. The molecule has 0 heterocycles. The maximum atomic E-state index is 13.2. The summed E-state index contributed by atoms with van der Waals surface area (Å²) in [5.41, 5.74) is -1.04. The molecule has 1 aliphatic carbocycles. The Bertz CT molecular complexity index is 568. The highest BCUT2D eigenvalue weighted by molar-refractivity contribution is 5.85. The third-order valence-electron chi connectivity index (χ3n) is 4.36. The van der Waals surface area contributed by atoms with Gasteiger partial charge in [-0.3, -0.25) is 9.59 Å². The van der Waals surface area contributed by atoms with Crippen LogP contribution in [0.4, 0.5) is 13.2 Å². The molecule has 0 aromatic heterocycles. The molecule has 126 valence electrons. The van der Waals surface area contributed by atoms with E-state index in [2.05, 4.69) is 5.32 Å². The van der Waals surface area contributed by atoms with Crippen LogP contribution in [0, 0.1) is 5.41 Å². The van der Waals surface area contributed by atoms with Crippen molar-refractivity contribution in [3.8, 4) is 0 Å². The Kier molecular flexibility index (Phi) is 4.97. The molecule has 0 aliphatic heterocycles. The average molecular weight is 329 g/mol. The zero-order valence-electron chi connectivity index (χ0n) is 12.4. The highest BCUT2D eigenvalue weighted by atomic mass is 19.4. The van der Waals surface area contributed by atoms with Crippen molar-refractivity contribution in [1.82, 2.24) is 5.32 Å². The second-order valence-corrected chi connectivity index (χ2v) is 5.92. The van der Waals surface area contributed by atoms with E-state index in [9.17, 15) is 22.8 Å². The Hall–Kier alpha value is -2.05. The minimum Gasteiger partial charge on any atom is -0.481 e. The maximum Gasteiger partial charge on any atom is 0.397 e. The zero-order chi connectivity index (χ0) is 17.1. The molecule has 0 saturated heterocycles. The van der Waals surface area contributed by atoms with Gasteiger partial charge in [0.1, 0.15) is 0 Å². The van der Waals surface area contributed by atoms with E-state index in [1.165, 1.54) is 24.3 Å². The van der Waals surface area contributed by atoms with Crippen LogP contribution in [0.3, 0.4) is 0 Å². The number of alkyl halides is 3. The van der Waals surface area contributed by atoms with Crippen molar-refractivity contribution in [1.29, 1.82) is 0 Å². The van der Waals surface area contributed by atoms with Crippen LogP contribution in [0.2, 0.25) is 0 Å².